The van der Waals surface area contributed by atoms with Gasteiger partial charge in [-0.3, -0.25) is 9.59 Å². The zero-order valence-electron chi connectivity index (χ0n) is 13.8. The van der Waals surface area contributed by atoms with Crippen LogP contribution in [-0.2, 0) is 9.53 Å². The molecule has 2 saturated heterocycles. The number of amides is 1. The number of carbonyl (C=O) groups excluding carboxylic acids is 1. The molecular weight excluding hydrogens is 310 g/mol. The van der Waals surface area contributed by atoms with Crippen LogP contribution in [0.4, 0.5) is 0 Å². The first kappa shape index (κ1) is 16.8. The number of nitrogens with zero attached hydrogens (tertiary/aromatic N) is 1. The summed E-state index contributed by atoms with van der Waals surface area (Å²) in [6.45, 7) is 3.72. The highest BCUT2D eigenvalue weighted by Gasteiger charge is 2.38. The topological polar surface area (TPSA) is 76.1 Å². The molecule has 2 fully saturated rings. The molecule has 130 valence electrons. The van der Waals surface area contributed by atoms with Gasteiger partial charge in [0.25, 0.3) is 5.91 Å². The standard InChI is InChI=1S/C18H23NO5/c1-12-16(18(21)22)6-9-19(12)17(20)13-2-4-14(5-3-13)24-15-7-10-23-11-8-15/h2-5,12,15-16H,6-11H2,1H3,(H,21,22). The van der Waals surface area contributed by atoms with Crippen LogP contribution in [0.1, 0.15) is 36.5 Å². The van der Waals surface area contributed by atoms with Gasteiger partial charge in [-0.05, 0) is 37.6 Å². The molecule has 24 heavy (non-hydrogen) atoms. The molecule has 1 amide bonds. The monoisotopic (exact) mass is 333 g/mol. The highest BCUT2D eigenvalue weighted by atomic mass is 16.5. The van der Waals surface area contributed by atoms with E-state index in [0.717, 1.165) is 31.8 Å². The molecule has 2 heterocycles. The lowest BCUT2D eigenvalue weighted by Crippen LogP contribution is -2.37. The third kappa shape index (κ3) is 3.53. The zero-order valence-corrected chi connectivity index (χ0v) is 13.8. The molecule has 0 spiro atoms. The molecule has 1 aromatic rings. The lowest BCUT2D eigenvalue weighted by molar-refractivity contribution is -0.142. The van der Waals surface area contributed by atoms with Crippen molar-refractivity contribution < 1.29 is 24.2 Å². The molecule has 1 N–H and O–H groups in total. The maximum atomic E-state index is 12.6. The summed E-state index contributed by atoms with van der Waals surface area (Å²) >= 11 is 0. The van der Waals surface area contributed by atoms with Gasteiger partial charge in [0.05, 0.1) is 19.1 Å². The van der Waals surface area contributed by atoms with Gasteiger partial charge in [0.1, 0.15) is 11.9 Å². The van der Waals surface area contributed by atoms with Gasteiger partial charge in [-0.1, -0.05) is 0 Å². The van der Waals surface area contributed by atoms with Gasteiger partial charge in [0.2, 0.25) is 0 Å². The van der Waals surface area contributed by atoms with Gasteiger partial charge in [-0.25, -0.2) is 0 Å². The number of carboxylic acids is 1. The fraction of sp³-hybridized carbons (Fsp3) is 0.556. The number of rotatable bonds is 4. The number of carbonyl (C=O) groups is 2. The average molecular weight is 333 g/mol. The molecule has 3 rings (SSSR count). The number of aliphatic carboxylic acids is 1. The van der Waals surface area contributed by atoms with Crippen molar-refractivity contribution in [3.63, 3.8) is 0 Å². The Bertz CT molecular complexity index is 594. The van der Waals surface area contributed by atoms with Crippen molar-refractivity contribution in [2.24, 2.45) is 5.92 Å². The summed E-state index contributed by atoms with van der Waals surface area (Å²) in [6.07, 6.45) is 2.42. The van der Waals surface area contributed by atoms with Crippen LogP contribution in [0, 0.1) is 5.92 Å². The highest BCUT2D eigenvalue weighted by molar-refractivity contribution is 5.95. The third-order valence-corrected chi connectivity index (χ3v) is 4.91. The third-order valence-electron chi connectivity index (χ3n) is 4.91. The number of carboxylic acid groups (broad SMARTS) is 1. The van der Waals surface area contributed by atoms with Gasteiger partial charge < -0.3 is 19.5 Å². The van der Waals surface area contributed by atoms with E-state index in [1.54, 1.807) is 36.1 Å². The summed E-state index contributed by atoms with van der Waals surface area (Å²) in [6, 6.07) is 6.82. The Labute approximate surface area is 141 Å². The largest absolute Gasteiger partial charge is 0.490 e. The van der Waals surface area contributed by atoms with Crippen molar-refractivity contribution in [2.75, 3.05) is 19.8 Å². The van der Waals surface area contributed by atoms with Crippen LogP contribution in [0.3, 0.4) is 0 Å². The number of hydrogen-bond acceptors (Lipinski definition) is 4. The van der Waals surface area contributed by atoms with E-state index in [9.17, 15) is 14.7 Å². The first-order chi connectivity index (χ1) is 11.6. The van der Waals surface area contributed by atoms with Gasteiger partial charge >= 0.3 is 5.97 Å². The van der Waals surface area contributed by atoms with E-state index in [0.29, 0.717) is 18.5 Å². The van der Waals surface area contributed by atoms with Crippen molar-refractivity contribution >= 4 is 11.9 Å². The van der Waals surface area contributed by atoms with Gasteiger partial charge in [-0.15, -0.1) is 0 Å². The molecule has 0 saturated carbocycles. The second kappa shape index (κ2) is 7.21. The second-order valence-electron chi connectivity index (χ2n) is 6.43. The number of benzene rings is 1. The molecule has 2 atom stereocenters. The van der Waals surface area contributed by atoms with E-state index in [1.807, 2.05) is 0 Å². The van der Waals surface area contributed by atoms with Crippen LogP contribution in [0.15, 0.2) is 24.3 Å². The normalized spacial score (nSPS) is 24.8. The summed E-state index contributed by atoms with van der Waals surface area (Å²) in [5, 5.41) is 9.18. The molecule has 6 nitrogen and oxygen atoms in total. The van der Waals surface area contributed by atoms with Crippen molar-refractivity contribution in [3.05, 3.63) is 29.8 Å². The maximum absolute atomic E-state index is 12.6. The van der Waals surface area contributed by atoms with Crippen LogP contribution in [0.2, 0.25) is 0 Å². The molecule has 6 heteroatoms. The van der Waals surface area contributed by atoms with Gasteiger partial charge in [0, 0.05) is 31.0 Å². The summed E-state index contributed by atoms with van der Waals surface area (Å²) in [5.74, 6) is -0.691. The highest BCUT2D eigenvalue weighted by Crippen LogP contribution is 2.27. The minimum atomic E-state index is -0.835. The van der Waals surface area contributed by atoms with Crippen LogP contribution < -0.4 is 4.74 Å². The quantitative estimate of drug-likeness (QED) is 0.914. The molecule has 0 bridgehead atoms. The molecule has 2 aliphatic heterocycles. The Morgan fingerprint density at radius 2 is 1.83 bits per heavy atom. The van der Waals surface area contributed by atoms with Gasteiger partial charge in [-0.2, -0.15) is 0 Å². The van der Waals surface area contributed by atoms with Crippen molar-refractivity contribution in [1.29, 1.82) is 0 Å². The predicted molar refractivity (Wildman–Crippen MR) is 87.2 cm³/mol. The first-order valence-electron chi connectivity index (χ1n) is 8.44. The van der Waals surface area contributed by atoms with E-state index in [1.165, 1.54) is 0 Å². The fourth-order valence-electron chi connectivity index (χ4n) is 3.38. The Balaban J connectivity index is 1.62. The van der Waals surface area contributed by atoms with E-state index in [4.69, 9.17) is 9.47 Å². The fourth-order valence-corrected chi connectivity index (χ4v) is 3.38. The molecule has 0 aromatic heterocycles. The van der Waals surface area contributed by atoms with Crippen LogP contribution in [-0.4, -0.2) is 53.8 Å². The molecule has 2 unspecified atom stereocenters. The SMILES string of the molecule is CC1C(C(=O)O)CCN1C(=O)c1ccc(OC2CCOCC2)cc1. The van der Waals surface area contributed by atoms with E-state index in [2.05, 4.69) is 0 Å². The minimum Gasteiger partial charge on any atom is -0.490 e. The number of ether oxygens (including phenoxy) is 2. The zero-order chi connectivity index (χ0) is 17.1. The summed E-state index contributed by atoms with van der Waals surface area (Å²) in [7, 11) is 0. The van der Waals surface area contributed by atoms with Crippen molar-refractivity contribution in [2.45, 2.75) is 38.3 Å². The number of likely N-dealkylation sites (tertiary alicyclic amines) is 1. The van der Waals surface area contributed by atoms with Crippen molar-refractivity contribution in [1.82, 2.24) is 4.90 Å². The van der Waals surface area contributed by atoms with Crippen LogP contribution in [0.25, 0.3) is 0 Å². The van der Waals surface area contributed by atoms with E-state index in [-0.39, 0.29) is 18.1 Å². The Hall–Kier alpha value is -2.08. The van der Waals surface area contributed by atoms with Crippen LogP contribution >= 0.6 is 0 Å². The molecular formula is C18H23NO5. The van der Waals surface area contributed by atoms with E-state index >= 15 is 0 Å². The lowest BCUT2D eigenvalue weighted by Gasteiger charge is -2.24. The average Bonchev–Trinajstić information content (AvgIpc) is 2.97. The molecule has 0 radical (unpaired) electrons. The Morgan fingerprint density at radius 1 is 1.17 bits per heavy atom. The number of hydrogen-bond donors (Lipinski definition) is 1. The smallest absolute Gasteiger partial charge is 0.308 e. The first-order valence-corrected chi connectivity index (χ1v) is 8.44. The van der Waals surface area contributed by atoms with Gasteiger partial charge in [0.15, 0.2) is 0 Å². The summed E-state index contributed by atoms with van der Waals surface area (Å²) < 4.78 is 11.2. The Morgan fingerprint density at radius 3 is 2.42 bits per heavy atom. The lowest BCUT2D eigenvalue weighted by atomic mass is 10.0. The minimum absolute atomic E-state index is 0.121. The predicted octanol–water partition coefficient (Wildman–Crippen LogP) is 2.18. The summed E-state index contributed by atoms with van der Waals surface area (Å²) in [5.41, 5.74) is 0.562. The molecule has 2 aliphatic rings. The van der Waals surface area contributed by atoms with Crippen LogP contribution in [0.5, 0.6) is 5.75 Å². The molecule has 0 aliphatic carbocycles. The second-order valence-corrected chi connectivity index (χ2v) is 6.43. The van der Waals surface area contributed by atoms with E-state index < -0.39 is 11.9 Å². The maximum Gasteiger partial charge on any atom is 0.308 e. The molecule has 1 aromatic carbocycles. The summed E-state index contributed by atoms with van der Waals surface area (Å²) in [4.78, 5) is 25.4. The Kier molecular flexibility index (Phi) is 5.04. The van der Waals surface area contributed by atoms with Crippen molar-refractivity contribution in [3.8, 4) is 5.75 Å².